The van der Waals surface area contributed by atoms with Crippen LogP contribution in [0.1, 0.15) is 5.56 Å². The van der Waals surface area contributed by atoms with Gasteiger partial charge in [-0.25, -0.2) is 0 Å². The van der Waals surface area contributed by atoms with Crippen molar-refractivity contribution in [3.05, 3.63) is 5.56 Å². The molecule has 0 fully saturated rings. The molecular formula is C11H18NO4P. The Kier molecular flexibility index (Phi) is 4.85. The van der Waals surface area contributed by atoms with Gasteiger partial charge in [0.05, 0.1) is 39.3 Å². The maximum atomic E-state index is 5.72. The molecule has 0 amide bonds. The highest BCUT2D eigenvalue weighted by molar-refractivity contribution is 7.28. The van der Waals surface area contributed by atoms with Crippen LogP contribution in [-0.4, -0.2) is 28.4 Å². The Labute approximate surface area is 103 Å². The molecule has 0 aliphatic carbocycles. The second-order valence-corrected chi connectivity index (χ2v) is 3.81. The molecule has 0 radical (unpaired) electrons. The van der Waals surface area contributed by atoms with Crippen LogP contribution in [0.15, 0.2) is 0 Å². The molecule has 0 saturated carbocycles. The lowest BCUT2D eigenvalue weighted by Gasteiger charge is -2.20. The number of hydrogen-bond donors (Lipinski definition) is 1. The maximum absolute atomic E-state index is 5.72. The summed E-state index contributed by atoms with van der Waals surface area (Å²) in [4.78, 5) is 0. The number of nitrogens with two attached hydrogens (primary N) is 1. The summed E-state index contributed by atoms with van der Waals surface area (Å²) in [6.07, 6.45) is 0. The summed E-state index contributed by atoms with van der Waals surface area (Å²) in [7, 11) is 8.81. The highest BCUT2D eigenvalue weighted by Crippen LogP contribution is 2.43. The van der Waals surface area contributed by atoms with Crippen molar-refractivity contribution in [2.75, 3.05) is 28.4 Å². The van der Waals surface area contributed by atoms with E-state index in [1.807, 2.05) is 0 Å². The Morgan fingerprint density at radius 2 is 1.18 bits per heavy atom. The van der Waals surface area contributed by atoms with Crippen LogP contribution in [0.5, 0.6) is 23.0 Å². The molecule has 0 aromatic heterocycles. The van der Waals surface area contributed by atoms with E-state index in [0.29, 0.717) is 23.0 Å². The maximum Gasteiger partial charge on any atom is 0.172 e. The number of rotatable bonds is 5. The van der Waals surface area contributed by atoms with Gasteiger partial charge in [0.15, 0.2) is 23.0 Å². The first kappa shape index (κ1) is 13.9. The quantitative estimate of drug-likeness (QED) is 0.788. The van der Waals surface area contributed by atoms with E-state index in [0.717, 1.165) is 10.9 Å². The summed E-state index contributed by atoms with van der Waals surface area (Å²) in [5, 5.41) is 0.737. The van der Waals surface area contributed by atoms with Crippen LogP contribution in [0.2, 0.25) is 0 Å². The van der Waals surface area contributed by atoms with Gasteiger partial charge in [-0.3, -0.25) is 0 Å². The van der Waals surface area contributed by atoms with E-state index in [9.17, 15) is 0 Å². The van der Waals surface area contributed by atoms with Gasteiger partial charge < -0.3 is 24.7 Å². The Morgan fingerprint density at radius 1 is 0.824 bits per heavy atom. The van der Waals surface area contributed by atoms with Crippen molar-refractivity contribution in [1.82, 2.24) is 0 Å². The van der Waals surface area contributed by atoms with Crippen LogP contribution in [0, 0.1) is 0 Å². The van der Waals surface area contributed by atoms with E-state index in [1.165, 1.54) is 0 Å². The minimum absolute atomic E-state index is 0.268. The van der Waals surface area contributed by atoms with Gasteiger partial charge in [0.25, 0.3) is 0 Å². The third kappa shape index (κ3) is 2.26. The lowest BCUT2D eigenvalue weighted by atomic mass is 10.1. The fourth-order valence-corrected chi connectivity index (χ4v) is 2.25. The zero-order valence-corrected chi connectivity index (χ0v) is 11.6. The number of benzene rings is 1. The van der Waals surface area contributed by atoms with Gasteiger partial charge in [0.1, 0.15) is 0 Å². The summed E-state index contributed by atoms with van der Waals surface area (Å²) in [5.74, 6) is 2.29. The molecule has 2 N–H and O–H groups in total. The van der Waals surface area contributed by atoms with E-state index in [-0.39, 0.29) is 6.54 Å². The molecule has 96 valence electrons. The van der Waals surface area contributed by atoms with Crippen LogP contribution < -0.4 is 30.0 Å². The monoisotopic (exact) mass is 259 g/mol. The molecule has 0 spiro atoms. The summed E-state index contributed by atoms with van der Waals surface area (Å²) in [6, 6.07) is 0. The van der Waals surface area contributed by atoms with Crippen LogP contribution >= 0.6 is 9.24 Å². The standard InChI is InChI=1S/C11H18NO4P/c1-13-7-6(5-12)8(14-2)10(16-4)11(17)9(7)15-3/h5,12,17H2,1-4H3. The first-order valence-corrected chi connectivity index (χ1v) is 5.58. The first-order chi connectivity index (χ1) is 8.15. The lowest BCUT2D eigenvalue weighted by molar-refractivity contribution is 0.328. The topological polar surface area (TPSA) is 62.9 Å². The molecule has 0 aliphatic heterocycles. The van der Waals surface area contributed by atoms with Crippen molar-refractivity contribution in [1.29, 1.82) is 0 Å². The highest BCUT2D eigenvalue weighted by Gasteiger charge is 2.24. The fourth-order valence-electron chi connectivity index (χ4n) is 1.75. The van der Waals surface area contributed by atoms with Crippen LogP contribution in [-0.2, 0) is 6.54 Å². The van der Waals surface area contributed by atoms with E-state index >= 15 is 0 Å². The average Bonchev–Trinajstić information content (AvgIpc) is 2.36. The van der Waals surface area contributed by atoms with Crippen molar-refractivity contribution in [2.24, 2.45) is 5.73 Å². The SMILES string of the molecule is COc1c(P)c(OC)c(OC)c(CN)c1OC. The molecule has 0 saturated heterocycles. The lowest BCUT2D eigenvalue weighted by Crippen LogP contribution is -2.12. The van der Waals surface area contributed by atoms with Gasteiger partial charge in [-0.1, -0.05) is 9.24 Å². The number of hydrogen-bond acceptors (Lipinski definition) is 5. The Hall–Kier alpha value is -1.19. The first-order valence-electron chi connectivity index (χ1n) is 5.00. The van der Waals surface area contributed by atoms with Crippen LogP contribution in [0.25, 0.3) is 0 Å². The van der Waals surface area contributed by atoms with Gasteiger partial charge in [0.2, 0.25) is 0 Å². The minimum Gasteiger partial charge on any atom is -0.492 e. The molecule has 1 aromatic rings. The minimum atomic E-state index is 0.268. The van der Waals surface area contributed by atoms with Gasteiger partial charge in [-0.05, 0) is 0 Å². The second-order valence-electron chi connectivity index (χ2n) is 3.23. The average molecular weight is 259 g/mol. The second kappa shape index (κ2) is 5.94. The van der Waals surface area contributed by atoms with E-state index in [1.54, 1.807) is 28.4 Å². The molecule has 0 heterocycles. The van der Waals surface area contributed by atoms with E-state index in [2.05, 4.69) is 9.24 Å². The van der Waals surface area contributed by atoms with Crippen molar-refractivity contribution in [3.8, 4) is 23.0 Å². The molecule has 0 aliphatic rings. The predicted octanol–water partition coefficient (Wildman–Crippen LogP) is 0.680. The number of ether oxygens (including phenoxy) is 4. The molecular weight excluding hydrogens is 241 g/mol. The zero-order valence-electron chi connectivity index (χ0n) is 10.5. The van der Waals surface area contributed by atoms with Crippen molar-refractivity contribution < 1.29 is 18.9 Å². The van der Waals surface area contributed by atoms with Crippen molar-refractivity contribution in [2.45, 2.75) is 6.54 Å². The predicted molar refractivity (Wildman–Crippen MR) is 69.9 cm³/mol. The molecule has 6 heteroatoms. The molecule has 1 rings (SSSR count). The van der Waals surface area contributed by atoms with E-state index in [4.69, 9.17) is 24.7 Å². The smallest absolute Gasteiger partial charge is 0.172 e. The van der Waals surface area contributed by atoms with Crippen LogP contribution in [0.4, 0.5) is 0 Å². The molecule has 0 bridgehead atoms. The molecule has 17 heavy (non-hydrogen) atoms. The Balaban J connectivity index is 3.66. The Morgan fingerprint density at radius 3 is 1.41 bits per heavy atom. The van der Waals surface area contributed by atoms with Crippen molar-refractivity contribution in [3.63, 3.8) is 0 Å². The van der Waals surface area contributed by atoms with Gasteiger partial charge in [-0.15, -0.1) is 0 Å². The summed E-state index contributed by atoms with van der Waals surface area (Å²) in [6.45, 7) is 0.268. The normalized spacial score (nSPS) is 10.0. The van der Waals surface area contributed by atoms with Gasteiger partial charge in [-0.2, -0.15) is 0 Å². The van der Waals surface area contributed by atoms with E-state index < -0.39 is 0 Å². The molecule has 1 atom stereocenters. The Bertz CT molecular complexity index is 376. The molecule has 1 unspecified atom stereocenters. The van der Waals surface area contributed by atoms with Crippen LogP contribution in [0.3, 0.4) is 0 Å². The molecule has 1 aromatic carbocycles. The molecule has 5 nitrogen and oxygen atoms in total. The fraction of sp³-hybridized carbons (Fsp3) is 0.455. The van der Waals surface area contributed by atoms with Gasteiger partial charge in [0, 0.05) is 6.54 Å². The van der Waals surface area contributed by atoms with Gasteiger partial charge >= 0.3 is 0 Å². The largest absolute Gasteiger partial charge is 0.492 e. The zero-order chi connectivity index (χ0) is 13.0. The number of methoxy groups -OCH3 is 4. The van der Waals surface area contributed by atoms with Crippen molar-refractivity contribution >= 4 is 14.5 Å². The summed E-state index contributed by atoms with van der Waals surface area (Å²) in [5.41, 5.74) is 6.44. The highest BCUT2D eigenvalue weighted by atomic mass is 31.0. The summed E-state index contributed by atoms with van der Waals surface area (Å²) >= 11 is 0. The third-order valence-electron chi connectivity index (χ3n) is 2.47. The third-order valence-corrected chi connectivity index (χ3v) is 2.99. The summed E-state index contributed by atoms with van der Waals surface area (Å²) < 4.78 is 21.3.